The highest BCUT2D eigenvalue weighted by Crippen LogP contribution is 2.32. The van der Waals surface area contributed by atoms with E-state index >= 15 is 0 Å². The van der Waals surface area contributed by atoms with E-state index in [1.165, 1.54) is 11.1 Å². The van der Waals surface area contributed by atoms with Crippen molar-refractivity contribution in [1.82, 2.24) is 4.90 Å². The number of para-hydroxylation sites is 1. The molecule has 0 saturated carbocycles. The van der Waals surface area contributed by atoms with Gasteiger partial charge in [0.2, 0.25) is 0 Å². The Morgan fingerprint density at radius 3 is 2.47 bits per heavy atom. The third-order valence-corrected chi connectivity index (χ3v) is 6.31. The smallest absolute Gasteiger partial charge is 0.329 e. The monoisotopic (exact) mass is 435 g/mol. The van der Waals surface area contributed by atoms with Crippen LogP contribution in [0.25, 0.3) is 0 Å². The topological polar surface area (TPSA) is 53.1 Å². The summed E-state index contributed by atoms with van der Waals surface area (Å²) in [5.74, 6) is -0.212. The lowest BCUT2D eigenvalue weighted by Gasteiger charge is -2.24. The van der Waals surface area contributed by atoms with Crippen molar-refractivity contribution in [3.05, 3.63) is 59.7 Å². The molecule has 6 heteroatoms. The molecule has 2 aromatic rings. The summed E-state index contributed by atoms with van der Waals surface area (Å²) in [4.78, 5) is 31.8. The average molecular weight is 436 g/mol. The van der Waals surface area contributed by atoms with E-state index in [-0.39, 0.29) is 24.1 Å². The molecule has 1 unspecified atom stereocenters. The van der Waals surface area contributed by atoms with Crippen LogP contribution in [0.3, 0.4) is 0 Å². The molecule has 0 aromatic heterocycles. The molecule has 0 bridgehead atoms. The van der Waals surface area contributed by atoms with Gasteiger partial charge in [-0.3, -0.25) is 14.6 Å². The number of esters is 1. The van der Waals surface area contributed by atoms with Crippen molar-refractivity contribution < 1.29 is 14.3 Å². The number of nitrogens with zero attached hydrogens (tertiary/aromatic N) is 3. The van der Waals surface area contributed by atoms with Crippen LogP contribution in [0.15, 0.2) is 48.5 Å². The van der Waals surface area contributed by atoms with E-state index in [0.717, 1.165) is 37.3 Å². The standard InChI is InChI=1S/C26H33N3O3/c1-19(2)32-25(30)12-11-24-18-28(22-7-5-4-6-8-22)26(31)29(24)23-10-9-20-13-15-27(3)16-14-21(20)17-23/h4-10,17,19,24H,11-16,18H2,1-3H3. The van der Waals surface area contributed by atoms with Crippen LogP contribution in [0, 0.1) is 0 Å². The molecule has 1 fully saturated rings. The van der Waals surface area contributed by atoms with Gasteiger partial charge in [-0.2, -0.15) is 0 Å². The Balaban J connectivity index is 1.60. The van der Waals surface area contributed by atoms with Gasteiger partial charge < -0.3 is 9.64 Å². The number of carbonyl (C=O) groups is 2. The molecule has 170 valence electrons. The quantitative estimate of drug-likeness (QED) is 0.636. The summed E-state index contributed by atoms with van der Waals surface area (Å²) in [5.41, 5.74) is 4.47. The van der Waals surface area contributed by atoms with Gasteiger partial charge in [0, 0.05) is 37.4 Å². The number of likely N-dealkylation sites (N-methyl/N-ethyl adjacent to an activating group) is 1. The lowest BCUT2D eigenvalue weighted by molar-refractivity contribution is -0.147. The predicted molar refractivity (Wildman–Crippen MR) is 127 cm³/mol. The van der Waals surface area contributed by atoms with E-state index < -0.39 is 0 Å². The molecular formula is C26H33N3O3. The van der Waals surface area contributed by atoms with Gasteiger partial charge in [0.25, 0.3) is 0 Å². The number of hydrogen-bond donors (Lipinski definition) is 0. The summed E-state index contributed by atoms with van der Waals surface area (Å²) >= 11 is 0. The fourth-order valence-electron chi connectivity index (χ4n) is 4.60. The van der Waals surface area contributed by atoms with Crippen LogP contribution in [-0.4, -0.2) is 55.7 Å². The second-order valence-electron chi connectivity index (χ2n) is 9.09. The Bertz CT molecular complexity index is 960. The van der Waals surface area contributed by atoms with Crippen LogP contribution < -0.4 is 9.80 Å². The molecular weight excluding hydrogens is 402 g/mol. The molecule has 0 spiro atoms. The molecule has 0 N–H and O–H groups in total. The maximum Gasteiger partial charge on any atom is 0.329 e. The van der Waals surface area contributed by atoms with Gasteiger partial charge in [-0.25, -0.2) is 4.79 Å². The molecule has 2 amide bonds. The molecule has 32 heavy (non-hydrogen) atoms. The molecule has 0 aliphatic carbocycles. The van der Waals surface area contributed by atoms with E-state index in [2.05, 4.69) is 30.1 Å². The molecule has 4 rings (SSSR count). The van der Waals surface area contributed by atoms with Gasteiger partial charge >= 0.3 is 12.0 Å². The molecule has 6 nitrogen and oxygen atoms in total. The van der Waals surface area contributed by atoms with Crippen molar-refractivity contribution in [2.24, 2.45) is 0 Å². The number of fused-ring (bicyclic) bond motifs is 1. The van der Waals surface area contributed by atoms with Gasteiger partial charge in [0.1, 0.15) is 0 Å². The second-order valence-corrected chi connectivity index (χ2v) is 9.09. The van der Waals surface area contributed by atoms with Crippen molar-refractivity contribution in [3.63, 3.8) is 0 Å². The van der Waals surface area contributed by atoms with Crippen LogP contribution in [0.4, 0.5) is 16.2 Å². The Labute approximate surface area is 190 Å². The predicted octanol–water partition coefficient (Wildman–Crippen LogP) is 4.26. The van der Waals surface area contributed by atoms with Crippen LogP contribution in [-0.2, 0) is 22.4 Å². The number of amides is 2. The van der Waals surface area contributed by atoms with Gasteiger partial charge in [-0.15, -0.1) is 0 Å². The zero-order valence-electron chi connectivity index (χ0n) is 19.3. The van der Waals surface area contributed by atoms with E-state index in [1.54, 1.807) is 0 Å². The number of benzene rings is 2. The number of rotatable bonds is 6. The van der Waals surface area contributed by atoms with Crippen molar-refractivity contribution >= 4 is 23.4 Å². The summed E-state index contributed by atoms with van der Waals surface area (Å²) < 4.78 is 5.33. The van der Waals surface area contributed by atoms with Crippen molar-refractivity contribution in [2.75, 3.05) is 36.5 Å². The van der Waals surface area contributed by atoms with E-state index in [9.17, 15) is 9.59 Å². The molecule has 2 aliphatic heterocycles. The summed E-state index contributed by atoms with van der Waals surface area (Å²) in [6.07, 6.45) is 2.74. The van der Waals surface area contributed by atoms with Gasteiger partial charge in [-0.1, -0.05) is 24.3 Å². The SMILES string of the molecule is CC(C)OC(=O)CCC1CN(c2ccccc2)C(=O)N1c1ccc2c(c1)CCN(C)CC2. The first kappa shape index (κ1) is 22.3. The van der Waals surface area contributed by atoms with E-state index in [1.807, 2.05) is 54.0 Å². The number of anilines is 2. The Morgan fingerprint density at radius 2 is 1.75 bits per heavy atom. The van der Waals surface area contributed by atoms with Crippen LogP contribution in [0.2, 0.25) is 0 Å². The minimum absolute atomic E-state index is 0.0379. The van der Waals surface area contributed by atoms with Crippen molar-refractivity contribution in [1.29, 1.82) is 0 Å². The third-order valence-electron chi connectivity index (χ3n) is 6.31. The van der Waals surface area contributed by atoms with Gasteiger partial charge in [0.05, 0.1) is 12.1 Å². The summed E-state index contributed by atoms with van der Waals surface area (Å²) in [6.45, 7) is 6.33. The lowest BCUT2D eigenvalue weighted by atomic mass is 10.0. The van der Waals surface area contributed by atoms with Gasteiger partial charge in [-0.05, 0) is 75.5 Å². The summed E-state index contributed by atoms with van der Waals surface area (Å²) in [5, 5.41) is 0. The summed E-state index contributed by atoms with van der Waals surface area (Å²) in [6, 6.07) is 16.0. The molecule has 0 radical (unpaired) electrons. The van der Waals surface area contributed by atoms with Crippen LogP contribution in [0.5, 0.6) is 0 Å². The highest BCUT2D eigenvalue weighted by Gasteiger charge is 2.39. The van der Waals surface area contributed by atoms with Crippen molar-refractivity contribution in [2.45, 2.75) is 51.7 Å². The number of urea groups is 1. The van der Waals surface area contributed by atoms with Crippen LogP contribution in [0.1, 0.15) is 37.8 Å². The minimum atomic E-state index is -0.212. The molecule has 2 aromatic carbocycles. The van der Waals surface area contributed by atoms with E-state index in [4.69, 9.17) is 4.74 Å². The molecule has 1 atom stereocenters. The van der Waals surface area contributed by atoms with E-state index in [0.29, 0.717) is 19.4 Å². The first-order valence-electron chi connectivity index (χ1n) is 11.6. The molecule has 1 saturated heterocycles. The number of ether oxygens (including phenoxy) is 1. The third kappa shape index (κ3) is 4.96. The fourth-order valence-corrected chi connectivity index (χ4v) is 4.60. The fraction of sp³-hybridized carbons (Fsp3) is 0.462. The zero-order chi connectivity index (χ0) is 22.7. The first-order chi connectivity index (χ1) is 15.4. The summed E-state index contributed by atoms with van der Waals surface area (Å²) in [7, 11) is 2.15. The zero-order valence-corrected chi connectivity index (χ0v) is 19.3. The first-order valence-corrected chi connectivity index (χ1v) is 11.6. The number of hydrogen-bond acceptors (Lipinski definition) is 4. The average Bonchev–Trinajstić information content (AvgIpc) is 2.99. The minimum Gasteiger partial charge on any atom is -0.463 e. The Morgan fingerprint density at radius 1 is 1.03 bits per heavy atom. The molecule has 2 aliphatic rings. The number of carbonyl (C=O) groups excluding carboxylic acids is 2. The maximum absolute atomic E-state index is 13.6. The second kappa shape index (κ2) is 9.74. The Hall–Kier alpha value is -2.86. The largest absolute Gasteiger partial charge is 0.463 e. The molecule has 2 heterocycles. The highest BCUT2D eigenvalue weighted by molar-refractivity contribution is 6.07. The Kier molecular flexibility index (Phi) is 6.80. The van der Waals surface area contributed by atoms with Crippen molar-refractivity contribution in [3.8, 4) is 0 Å². The van der Waals surface area contributed by atoms with Gasteiger partial charge in [0.15, 0.2) is 0 Å². The highest BCUT2D eigenvalue weighted by atomic mass is 16.5. The normalized spacial score (nSPS) is 19.2. The lowest BCUT2D eigenvalue weighted by Crippen LogP contribution is -2.35. The van der Waals surface area contributed by atoms with Crippen LogP contribution >= 0.6 is 0 Å². The maximum atomic E-state index is 13.6.